The van der Waals surface area contributed by atoms with Crippen LogP contribution >= 0.6 is 0 Å². The first-order valence-corrected chi connectivity index (χ1v) is 17.0. The van der Waals surface area contributed by atoms with Crippen LogP contribution < -0.4 is 16.2 Å². The van der Waals surface area contributed by atoms with Gasteiger partial charge in [0.2, 0.25) is 5.91 Å². The highest BCUT2D eigenvalue weighted by Gasteiger charge is 2.43. The van der Waals surface area contributed by atoms with E-state index in [1.54, 1.807) is 4.57 Å². The lowest BCUT2D eigenvalue weighted by Gasteiger charge is -2.23. The topological polar surface area (TPSA) is 96.2 Å². The largest absolute Gasteiger partial charge is 0.361 e. The molecule has 2 aromatic carbocycles. The summed E-state index contributed by atoms with van der Waals surface area (Å²) in [6.45, 7) is 7.71. The van der Waals surface area contributed by atoms with Crippen LogP contribution in [-0.4, -0.2) is 43.3 Å². The summed E-state index contributed by atoms with van der Waals surface area (Å²) < 4.78 is 7.69. The zero-order chi connectivity index (χ0) is 26.2. The lowest BCUT2D eigenvalue weighted by atomic mass is 9.98. The SMILES string of the molecule is C[Si](C)(C)CCOCn1c(=O)c2ccccc2c2ccc(CC(C#N)NC(=O)C3NC4CCC3C4)cc21. The first-order chi connectivity index (χ1) is 17.7. The van der Waals surface area contributed by atoms with Crippen LogP contribution in [0.2, 0.25) is 25.7 Å². The number of piperidine rings is 1. The minimum Gasteiger partial charge on any atom is -0.361 e. The lowest BCUT2D eigenvalue weighted by Crippen LogP contribution is -2.50. The summed E-state index contributed by atoms with van der Waals surface area (Å²) in [5.41, 5.74) is 1.60. The average molecular weight is 517 g/mol. The predicted octanol–water partition coefficient (Wildman–Crippen LogP) is 4.16. The van der Waals surface area contributed by atoms with E-state index >= 15 is 0 Å². The zero-order valence-corrected chi connectivity index (χ0v) is 22.9. The van der Waals surface area contributed by atoms with Crippen molar-refractivity contribution >= 4 is 35.7 Å². The van der Waals surface area contributed by atoms with E-state index < -0.39 is 14.1 Å². The Morgan fingerprint density at radius 2 is 1.97 bits per heavy atom. The maximum atomic E-state index is 13.5. The van der Waals surface area contributed by atoms with Gasteiger partial charge in [-0.25, -0.2) is 0 Å². The van der Waals surface area contributed by atoms with Crippen molar-refractivity contribution in [1.29, 1.82) is 5.26 Å². The van der Waals surface area contributed by atoms with Gasteiger partial charge in [0, 0.05) is 37.9 Å². The Morgan fingerprint density at radius 3 is 2.65 bits per heavy atom. The van der Waals surface area contributed by atoms with E-state index in [-0.39, 0.29) is 24.2 Å². The monoisotopic (exact) mass is 516 g/mol. The average Bonchev–Trinajstić information content (AvgIpc) is 3.51. The first-order valence-electron chi connectivity index (χ1n) is 13.3. The molecule has 2 aliphatic rings. The minimum atomic E-state index is -1.25. The third-order valence-corrected chi connectivity index (χ3v) is 9.52. The van der Waals surface area contributed by atoms with Crippen molar-refractivity contribution in [2.24, 2.45) is 5.92 Å². The highest BCUT2D eigenvalue weighted by molar-refractivity contribution is 6.76. The number of hydrogen-bond donors (Lipinski definition) is 2. The molecule has 2 heterocycles. The van der Waals surface area contributed by atoms with Crippen LogP contribution in [0, 0.1) is 17.2 Å². The molecule has 0 spiro atoms. The van der Waals surface area contributed by atoms with Crippen molar-refractivity contribution in [2.45, 2.75) is 76.2 Å². The molecule has 1 saturated carbocycles. The lowest BCUT2D eigenvalue weighted by molar-refractivity contribution is -0.124. The van der Waals surface area contributed by atoms with Crippen LogP contribution in [0.15, 0.2) is 47.3 Å². The van der Waals surface area contributed by atoms with Crippen molar-refractivity contribution in [3.8, 4) is 6.07 Å². The number of nitrogens with zero attached hydrogens (tertiary/aromatic N) is 2. The molecule has 7 nitrogen and oxygen atoms in total. The number of benzene rings is 2. The fourth-order valence-corrected chi connectivity index (χ4v) is 6.51. The summed E-state index contributed by atoms with van der Waals surface area (Å²) in [5.74, 6) is 0.284. The van der Waals surface area contributed by atoms with E-state index in [0.717, 1.165) is 47.2 Å². The van der Waals surface area contributed by atoms with Crippen LogP contribution in [0.3, 0.4) is 0 Å². The number of amides is 1. The predicted molar refractivity (Wildman–Crippen MR) is 149 cm³/mol. The van der Waals surface area contributed by atoms with Crippen LogP contribution in [0.25, 0.3) is 21.7 Å². The smallest absolute Gasteiger partial charge is 0.260 e. The molecule has 194 valence electrons. The second-order valence-corrected chi connectivity index (χ2v) is 17.4. The van der Waals surface area contributed by atoms with Crippen molar-refractivity contribution in [2.75, 3.05) is 6.61 Å². The van der Waals surface area contributed by atoms with Crippen molar-refractivity contribution in [1.82, 2.24) is 15.2 Å². The van der Waals surface area contributed by atoms with Gasteiger partial charge in [0.1, 0.15) is 12.8 Å². The molecule has 8 heteroatoms. The fourth-order valence-electron chi connectivity index (χ4n) is 5.75. The number of nitriles is 1. The molecule has 1 saturated heterocycles. The number of hydrogen-bond acceptors (Lipinski definition) is 5. The summed E-state index contributed by atoms with van der Waals surface area (Å²) in [4.78, 5) is 26.3. The Balaban J connectivity index is 1.40. The molecule has 3 aromatic rings. The molecule has 1 aliphatic carbocycles. The Kier molecular flexibility index (Phi) is 7.21. The maximum absolute atomic E-state index is 13.5. The van der Waals surface area contributed by atoms with Crippen LogP contribution in [0.5, 0.6) is 0 Å². The number of carbonyl (C=O) groups excluding carboxylic acids is 1. The summed E-state index contributed by atoms with van der Waals surface area (Å²) >= 11 is 0. The molecule has 4 unspecified atom stereocenters. The highest BCUT2D eigenvalue weighted by Crippen LogP contribution is 2.35. The number of ether oxygens (including phenoxy) is 1. The summed E-state index contributed by atoms with van der Waals surface area (Å²) in [6.07, 6.45) is 3.62. The molecule has 1 aliphatic heterocycles. The molecule has 1 amide bonds. The minimum absolute atomic E-state index is 0.0826. The van der Waals surface area contributed by atoms with Gasteiger partial charge in [-0.15, -0.1) is 0 Å². The number of carbonyl (C=O) groups is 1. The van der Waals surface area contributed by atoms with Crippen LogP contribution in [0.4, 0.5) is 0 Å². The summed E-state index contributed by atoms with van der Waals surface area (Å²) in [7, 11) is -1.25. The third-order valence-electron chi connectivity index (χ3n) is 7.82. The van der Waals surface area contributed by atoms with E-state index in [1.165, 1.54) is 0 Å². The second-order valence-electron chi connectivity index (χ2n) is 11.8. The van der Waals surface area contributed by atoms with Gasteiger partial charge in [-0.1, -0.05) is 50.0 Å². The molecule has 4 atom stereocenters. The Hall–Kier alpha value is -2.99. The fraction of sp³-hybridized carbons (Fsp3) is 0.483. The van der Waals surface area contributed by atoms with Gasteiger partial charge in [-0.2, -0.15) is 5.26 Å². The second kappa shape index (κ2) is 10.4. The standard InChI is InChI=1S/C29H36N4O3Si/c1-37(2,3)13-12-36-18-33-26-15-19(8-11-24(26)23-6-4-5-7-25(23)29(33)35)14-22(17-30)32-28(34)27-20-9-10-21(16-20)31-27/h4-8,11,15,20-22,27,31H,9-10,12-14,16,18H2,1-3H3,(H,32,34). The van der Waals surface area contributed by atoms with E-state index in [0.29, 0.717) is 30.4 Å². The number of pyridine rings is 1. The molecule has 2 fully saturated rings. The molecule has 2 N–H and O–H groups in total. The summed E-state index contributed by atoms with van der Waals surface area (Å²) in [6, 6.07) is 16.5. The third kappa shape index (κ3) is 5.49. The normalized spacial score (nSPS) is 21.8. The Bertz CT molecular complexity index is 1420. The summed E-state index contributed by atoms with van der Waals surface area (Å²) in [5, 5.41) is 18.7. The molecular formula is C29H36N4O3Si. The van der Waals surface area contributed by atoms with Gasteiger partial charge in [0.15, 0.2) is 0 Å². The van der Waals surface area contributed by atoms with E-state index in [9.17, 15) is 14.9 Å². The van der Waals surface area contributed by atoms with E-state index in [1.807, 2.05) is 42.5 Å². The van der Waals surface area contributed by atoms with Gasteiger partial charge in [-0.05, 0) is 54.3 Å². The molecule has 0 radical (unpaired) electrons. The van der Waals surface area contributed by atoms with E-state index in [4.69, 9.17) is 4.74 Å². The van der Waals surface area contributed by atoms with Crippen molar-refractivity contribution < 1.29 is 9.53 Å². The highest BCUT2D eigenvalue weighted by atomic mass is 28.3. The van der Waals surface area contributed by atoms with Gasteiger partial charge in [0.25, 0.3) is 5.56 Å². The van der Waals surface area contributed by atoms with Crippen LogP contribution in [0.1, 0.15) is 24.8 Å². The number of rotatable bonds is 9. The molecular weight excluding hydrogens is 480 g/mol. The van der Waals surface area contributed by atoms with Gasteiger partial charge in [-0.3, -0.25) is 14.2 Å². The van der Waals surface area contributed by atoms with E-state index in [2.05, 4.69) is 36.3 Å². The first kappa shape index (κ1) is 25.6. The van der Waals surface area contributed by atoms with Crippen LogP contribution in [-0.2, 0) is 22.7 Å². The molecule has 2 bridgehead atoms. The molecule has 5 rings (SSSR count). The Labute approximate surface area is 218 Å². The maximum Gasteiger partial charge on any atom is 0.260 e. The zero-order valence-electron chi connectivity index (χ0n) is 21.9. The van der Waals surface area contributed by atoms with Gasteiger partial charge in [0.05, 0.1) is 17.6 Å². The number of aromatic nitrogens is 1. The van der Waals surface area contributed by atoms with Gasteiger partial charge >= 0.3 is 0 Å². The number of nitrogens with one attached hydrogen (secondary N) is 2. The molecule has 37 heavy (non-hydrogen) atoms. The number of fused-ring (bicyclic) bond motifs is 5. The quantitative estimate of drug-likeness (QED) is 0.253. The van der Waals surface area contributed by atoms with Crippen molar-refractivity contribution in [3.05, 3.63) is 58.4 Å². The molecule has 1 aromatic heterocycles. The Morgan fingerprint density at radius 1 is 1.19 bits per heavy atom. The van der Waals surface area contributed by atoms with Gasteiger partial charge < -0.3 is 15.4 Å². The van der Waals surface area contributed by atoms with Crippen molar-refractivity contribution in [3.63, 3.8) is 0 Å².